The molecule has 29 heavy (non-hydrogen) atoms. The first kappa shape index (κ1) is 23.9. The third kappa shape index (κ3) is 4.25. The normalized spacial score (nSPS) is 25.2. The molecule has 3 aliphatic rings. The number of halogens is 2. The van der Waals surface area contributed by atoms with E-state index in [-0.39, 0.29) is 49.3 Å². The maximum absolute atomic E-state index is 12.8. The first-order valence-electron chi connectivity index (χ1n) is 9.57. The van der Waals surface area contributed by atoms with Crippen LogP contribution in [0.2, 0.25) is 0 Å². The Morgan fingerprint density at radius 1 is 1.31 bits per heavy atom. The van der Waals surface area contributed by atoms with Crippen LogP contribution in [0.25, 0.3) is 0 Å². The Morgan fingerprint density at radius 2 is 2.03 bits per heavy atom. The summed E-state index contributed by atoms with van der Waals surface area (Å²) in [6.07, 6.45) is 3.75. The fourth-order valence-corrected chi connectivity index (χ4v) is 4.77. The second-order valence-corrected chi connectivity index (χ2v) is 7.67. The van der Waals surface area contributed by atoms with Gasteiger partial charge in [0, 0.05) is 45.4 Å². The Bertz CT molecular complexity index is 723. The van der Waals surface area contributed by atoms with E-state index in [9.17, 15) is 14.7 Å². The van der Waals surface area contributed by atoms with E-state index in [0.717, 1.165) is 17.8 Å². The summed E-state index contributed by atoms with van der Waals surface area (Å²) in [7, 11) is 1.53. The molecule has 2 fully saturated rings. The molecule has 11 heteroatoms. The van der Waals surface area contributed by atoms with Gasteiger partial charge in [-0.15, -0.1) is 24.8 Å². The van der Waals surface area contributed by atoms with Gasteiger partial charge in [0.25, 0.3) is 0 Å². The highest BCUT2D eigenvalue weighted by molar-refractivity contribution is 5.85. The van der Waals surface area contributed by atoms with Crippen LogP contribution >= 0.6 is 24.8 Å². The summed E-state index contributed by atoms with van der Waals surface area (Å²) >= 11 is 0. The van der Waals surface area contributed by atoms with Crippen LogP contribution in [0.15, 0.2) is 6.33 Å². The average molecular weight is 450 g/mol. The first-order valence-corrected chi connectivity index (χ1v) is 9.57. The van der Waals surface area contributed by atoms with Crippen LogP contribution in [0, 0.1) is 0 Å². The number of aromatic nitrogens is 2. The number of nitrogens with zero attached hydrogens (tertiary/aromatic N) is 3. The molecule has 0 bridgehead atoms. The van der Waals surface area contributed by atoms with Gasteiger partial charge in [0.15, 0.2) is 0 Å². The fourth-order valence-electron chi connectivity index (χ4n) is 4.77. The van der Waals surface area contributed by atoms with E-state index in [1.54, 1.807) is 6.33 Å². The minimum absolute atomic E-state index is 0. The molecule has 3 aliphatic heterocycles. The van der Waals surface area contributed by atoms with Crippen molar-refractivity contribution >= 4 is 36.6 Å². The van der Waals surface area contributed by atoms with E-state index < -0.39 is 11.6 Å². The van der Waals surface area contributed by atoms with Crippen LogP contribution in [0.1, 0.15) is 30.7 Å². The maximum Gasteiger partial charge on any atom is 0.249 e. The van der Waals surface area contributed by atoms with Gasteiger partial charge in [0.1, 0.15) is 6.61 Å². The fraction of sp³-hybridized carbons (Fsp3) is 0.722. The molecule has 164 valence electrons. The molecule has 2 atom stereocenters. The molecule has 2 amide bonds. The first-order chi connectivity index (χ1) is 13.0. The summed E-state index contributed by atoms with van der Waals surface area (Å²) in [5, 5.41) is 12.8. The monoisotopic (exact) mass is 449 g/mol. The summed E-state index contributed by atoms with van der Waals surface area (Å²) in [6.45, 7) is 2.27. The van der Waals surface area contributed by atoms with Crippen LogP contribution in [0.4, 0.5) is 0 Å². The molecule has 1 aromatic heterocycles. The number of fused-ring (bicyclic) bond motifs is 2. The number of H-pyrrole nitrogens is 1. The van der Waals surface area contributed by atoms with Gasteiger partial charge >= 0.3 is 0 Å². The summed E-state index contributed by atoms with van der Waals surface area (Å²) in [6, 6.07) is -0.312. The molecule has 4 heterocycles. The number of aliphatic hydroxyl groups is 1. The predicted octanol–water partition coefficient (Wildman–Crippen LogP) is -0.175. The van der Waals surface area contributed by atoms with Crippen molar-refractivity contribution in [2.24, 2.45) is 0 Å². The van der Waals surface area contributed by atoms with E-state index in [0.29, 0.717) is 45.4 Å². The van der Waals surface area contributed by atoms with Crippen molar-refractivity contribution in [1.29, 1.82) is 0 Å². The lowest BCUT2D eigenvalue weighted by molar-refractivity contribution is -0.148. The minimum Gasteiger partial charge on any atom is -0.392 e. The highest BCUT2D eigenvalue weighted by atomic mass is 35.5. The Hall–Kier alpha value is -1.39. The van der Waals surface area contributed by atoms with Gasteiger partial charge in [-0.1, -0.05) is 0 Å². The SMILES string of the molecule is COCC(=O)N1CCc2[nH]cnc2C12CCN(C(=O)[C@@H]1C[C@@H](O)CN1)CC2.Cl.Cl. The number of hydrogen-bond donors (Lipinski definition) is 3. The van der Waals surface area contributed by atoms with Crippen LogP contribution in [-0.4, -0.2) is 88.7 Å². The number of methoxy groups -OCH3 is 1. The molecular formula is C18H29Cl2N5O4. The number of hydrogen-bond acceptors (Lipinski definition) is 6. The Kier molecular flexibility index (Phi) is 7.92. The minimum atomic E-state index is -0.484. The van der Waals surface area contributed by atoms with E-state index in [4.69, 9.17) is 4.74 Å². The van der Waals surface area contributed by atoms with E-state index in [2.05, 4.69) is 15.3 Å². The number of nitrogens with one attached hydrogen (secondary N) is 2. The number of β-amino-alcohol motifs (C(OH)–C–C–N with tert-alkyl or cyclic N) is 1. The Morgan fingerprint density at radius 3 is 2.66 bits per heavy atom. The van der Waals surface area contributed by atoms with Crippen LogP contribution in [0.5, 0.6) is 0 Å². The molecule has 0 saturated carbocycles. The van der Waals surface area contributed by atoms with E-state index in [1.807, 2.05) is 9.80 Å². The third-order valence-corrected chi connectivity index (χ3v) is 6.14. The van der Waals surface area contributed by atoms with Gasteiger partial charge in [-0.2, -0.15) is 0 Å². The number of likely N-dealkylation sites (tertiary alicyclic amines) is 1. The molecular weight excluding hydrogens is 421 g/mol. The number of imidazole rings is 1. The van der Waals surface area contributed by atoms with Crippen molar-refractivity contribution in [1.82, 2.24) is 25.1 Å². The molecule has 0 aromatic carbocycles. The van der Waals surface area contributed by atoms with E-state index in [1.165, 1.54) is 7.11 Å². The van der Waals surface area contributed by atoms with Crippen molar-refractivity contribution in [2.75, 3.05) is 39.9 Å². The van der Waals surface area contributed by atoms with Gasteiger partial charge in [0.2, 0.25) is 11.8 Å². The molecule has 4 rings (SSSR count). The van der Waals surface area contributed by atoms with Crippen molar-refractivity contribution in [3.63, 3.8) is 0 Å². The van der Waals surface area contributed by atoms with Crippen LogP contribution in [0.3, 0.4) is 0 Å². The Labute approximate surface area is 182 Å². The van der Waals surface area contributed by atoms with Gasteiger partial charge in [-0.3, -0.25) is 9.59 Å². The zero-order valence-electron chi connectivity index (χ0n) is 16.4. The lowest BCUT2D eigenvalue weighted by atomic mass is 9.78. The van der Waals surface area contributed by atoms with Gasteiger partial charge in [0.05, 0.1) is 29.7 Å². The lowest BCUT2D eigenvalue weighted by Crippen LogP contribution is -2.60. The predicted molar refractivity (Wildman–Crippen MR) is 110 cm³/mol. The van der Waals surface area contributed by atoms with Gasteiger partial charge in [-0.05, 0) is 19.3 Å². The number of ether oxygens (including phenoxy) is 1. The summed E-state index contributed by atoms with van der Waals surface area (Å²) < 4.78 is 5.08. The molecule has 9 nitrogen and oxygen atoms in total. The van der Waals surface area contributed by atoms with Crippen molar-refractivity contribution in [2.45, 2.75) is 43.4 Å². The number of aromatic amines is 1. The molecule has 0 aliphatic carbocycles. The molecule has 1 aromatic rings. The summed E-state index contributed by atoms with van der Waals surface area (Å²) in [4.78, 5) is 37.0. The van der Waals surface area contributed by atoms with Crippen LogP contribution < -0.4 is 5.32 Å². The summed E-state index contributed by atoms with van der Waals surface area (Å²) in [5.41, 5.74) is 1.53. The number of carbonyl (C=O) groups is 2. The number of rotatable bonds is 3. The topological polar surface area (TPSA) is 111 Å². The summed E-state index contributed by atoms with van der Waals surface area (Å²) in [5.74, 6) is 0.000683. The molecule has 3 N–H and O–H groups in total. The van der Waals surface area contributed by atoms with Crippen molar-refractivity contribution in [3.8, 4) is 0 Å². The average Bonchev–Trinajstić information content (AvgIpc) is 3.32. The van der Waals surface area contributed by atoms with Gasteiger partial charge < -0.3 is 29.9 Å². The standard InChI is InChI=1S/C18H27N5O4.2ClH/c1-27-10-15(25)23-5-2-13-16(21-11-20-13)18(23)3-6-22(7-4-18)17(26)14-8-12(24)9-19-14;;/h11-12,14,19,24H,2-10H2,1H3,(H,20,21);2*1H/t12-,14+;;/m1../s1. The molecule has 0 unspecified atom stereocenters. The van der Waals surface area contributed by atoms with Crippen LogP contribution in [-0.2, 0) is 26.3 Å². The largest absolute Gasteiger partial charge is 0.392 e. The molecule has 2 saturated heterocycles. The Balaban J connectivity index is 0.00000150. The smallest absolute Gasteiger partial charge is 0.249 e. The number of amides is 2. The van der Waals surface area contributed by atoms with Crippen molar-refractivity contribution < 1.29 is 19.4 Å². The maximum atomic E-state index is 12.8. The highest BCUT2D eigenvalue weighted by Gasteiger charge is 2.49. The molecule has 0 radical (unpaired) electrons. The zero-order valence-corrected chi connectivity index (χ0v) is 18.1. The second kappa shape index (κ2) is 9.61. The zero-order chi connectivity index (χ0) is 19.0. The number of carbonyl (C=O) groups excluding carboxylic acids is 2. The number of piperidine rings is 1. The lowest BCUT2D eigenvalue weighted by Gasteiger charge is -2.50. The molecule has 1 spiro atoms. The third-order valence-electron chi connectivity index (χ3n) is 6.14. The second-order valence-electron chi connectivity index (χ2n) is 7.67. The van der Waals surface area contributed by atoms with Crippen molar-refractivity contribution in [3.05, 3.63) is 17.7 Å². The number of aliphatic hydroxyl groups excluding tert-OH is 1. The quantitative estimate of drug-likeness (QED) is 0.590. The highest BCUT2D eigenvalue weighted by Crippen LogP contribution is 2.42. The van der Waals surface area contributed by atoms with Gasteiger partial charge in [-0.25, -0.2) is 4.98 Å². The van der Waals surface area contributed by atoms with E-state index >= 15 is 0 Å².